The van der Waals surface area contributed by atoms with Crippen LogP contribution < -0.4 is 16.4 Å². The van der Waals surface area contributed by atoms with Crippen LogP contribution >= 0.6 is 11.8 Å². The van der Waals surface area contributed by atoms with E-state index in [4.69, 9.17) is 5.73 Å². The van der Waals surface area contributed by atoms with Gasteiger partial charge in [0, 0.05) is 11.6 Å². The minimum absolute atomic E-state index is 0.0876. The lowest BCUT2D eigenvalue weighted by atomic mass is 10.1. The molecular formula is C12H21N5OS. The number of hydrogen-bond acceptors (Lipinski definition) is 6. The van der Waals surface area contributed by atoms with Crippen LogP contribution in [0.15, 0.2) is 11.2 Å². The molecule has 6 nitrogen and oxygen atoms in total. The van der Waals surface area contributed by atoms with Crippen molar-refractivity contribution in [2.45, 2.75) is 44.4 Å². The summed E-state index contributed by atoms with van der Waals surface area (Å²) in [6, 6.07) is 1.21. The van der Waals surface area contributed by atoms with Crippen LogP contribution in [-0.2, 0) is 4.79 Å². The fourth-order valence-electron chi connectivity index (χ4n) is 1.37. The summed E-state index contributed by atoms with van der Waals surface area (Å²) in [5, 5.41) is 6.50. The molecule has 1 aromatic heterocycles. The monoisotopic (exact) mass is 283 g/mol. The van der Waals surface area contributed by atoms with Crippen LogP contribution in [-0.4, -0.2) is 33.7 Å². The van der Waals surface area contributed by atoms with E-state index >= 15 is 0 Å². The molecule has 1 aromatic rings. The first-order chi connectivity index (χ1) is 8.71. The summed E-state index contributed by atoms with van der Waals surface area (Å²) >= 11 is 1.40. The Morgan fingerprint density at radius 3 is 2.58 bits per heavy atom. The number of rotatable bonds is 4. The van der Waals surface area contributed by atoms with E-state index in [9.17, 15) is 4.79 Å². The lowest BCUT2D eigenvalue weighted by molar-refractivity contribution is -0.122. The largest absolute Gasteiger partial charge is 0.383 e. The van der Waals surface area contributed by atoms with Crippen LogP contribution in [0.2, 0.25) is 0 Å². The predicted molar refractivity (Wildman–Crippen MR) is 79.2 cm³/mol. The van der Waals surface area contributed by atoms with Gasteiger partial charge in [-0.15, -0.1) is 0 Å². The molecule has 0 saturated heterocycles. The lowest BCUT2D eigenvalue weighted by Gasteiger charge is -2.24. The molecule has 0 saturated carbocycles. The Morgan fingerprint density at radius 1 is 1.42 bits per heavy atom. The van der Waals surface area contributed by atoms with Crippen molar-refractivity contribution in [3.05, 3.63) is 6.07 Å². The molecule has 0 aliphatic heterocycles. The summed E-state index contributed by atoms with van der Waals surface area (Å²) in [6.07, 6.45) is 1.87. The number of nitrogens with one attached hydrogen (secondary N) is 2. The van der Waals surface area contributed by atoms with Crippen LogP contribution in [0.25, 0.3) is 0 Å². The average Bonchev–Trinajstić information content (AvgIpc) is 2.25. The number of anilines is 2. The zero-order chi connectivity index (χ0) is 14.6. The number of aromatic nitrogens is 2. The highest BCUT2D eigenvalue weighted by Gasteiger charge is 2.19. The number of carbonyl (C=O) groups is 1. The molecule has 106 valence electrons. The van der Waals surface area contributed by atoms with Gasteiger partial charge in [0.1, 0.15) is 17.7 Å². The zero-order valence-corrected chi connectivity index (χ0v) is 12.8. The van der Waals surface area contributed by atoms with Gasteiger partial charge in [-0.3, -0.25) is 4.79 Å². The normalized spacial score (nSPS) is 12.9. The number of nitrogens with two attached hydrogens (primary N) is 1. The molecule has 19 heavy (non-hydrogen) atoms. The van der Waals surface area contributed by atoms with E-state index < -0.39 is 6.04 Å². The molecular weight excluding hydrogens is 262 g/mol. The fraction of sp³-hybridized carbons (Fsp3) is 0.583. The number of hydrogen-bond donors (Lipinski definition) is 3. The van der Waals surface area contributed by atoms with E-state index in [-0.39, 0.29) is 11.4 Å². The minimum atomic E-state index is -0.400. The predicted octanol–water partition coefficient (Wildman–Crippen LogP) is 1.50. The molecule has 1 rings (SSSR count). The highest BCUT2D eigenvalue weighted by Crippen LogP contribution is 2.16. The van der Waals surface area contributed by atoms with Gasteiger partial charge < -0.3 is 16.4 Å². The first-order valence-corrected chi connectivity index (χ1v) is 7.21. The summed E-state index contributed by atoms with van der Waals surface area (Å²) < 4.78 is 0. The highest BCUT2D eigenvalue weighted by atomic mass is 32.2. The van der Waals surface area contributed by atoms with Crippen molar-refractivity contribution in [2.75, 3.05) is 17.3 Å². The standard InChI is InChI=1S/C12H21N5OS/c1-7(10(18)17-12(2,3)4)14-9-6-8(13)15-11(16-9)19-5/h6-7H,1-5H3,(H,17,18)(H3,13,14,15,16). The van der Waals surface area contributed by atoms with E-state index in [0.29, 0.717) is 16.8 Å². The highest BCUT2D eigenvalue weighted by molar-refractivity contribution is 7.98. The summed E-state index contributed by atoms with van der Waals surface area (Å²) in [5.41, 5.74) is 5.42. The van der Waals surface area contributed by atoms with Gasteiger partial charge in [-0.1, -0.05) is 11.8 Å². The Balaban J connectivity index is 2.74. The molecule has 0 radical (unpaired) electrons. The maximum Gasteiger partial charge on any atom is 0.242 e. The molecule has 7 heteroatoms. The molecule has 0 bridgehead atoms. The van der Waals surface area contributed by atoms with E-state index in [1.165, 1.54) is 11.8 Å². The van der Waals surface area contributed by atoms with Crippen LogP contribution in [0, 0.1) is 0 Å². The van der Waals surface area contributed by atoms with Crippen LogP contribution in [0.3, 0.4) is 0 Å². The van der Waals surface area contributed by atoms with Gasteiger partial charge in [-0.25, -0.2) is 9.97 Å². The Morgan fingerprint density at radius 2 is 2.05 bits per heavy atom. The molecule has 4 N–H and O–H groups in total. The van der Waals surface area contributed by atoms with Gasteiger partial charge in [0.25, 0.3) is 0 Å². The third-order valence-corrected chi connectivity index (χ3v) is 2.71. The van der Waals surface area contributed by atoms with Crippen LogP contribution in [0.5, 0.6) is 0 Å². The second-order valence-corrected chi connectivity index (χ2v) is 6.04. The van der Waals surface area contributed by atoms with Gasteiger partial charge in [0.15, 0.2) is 5.16 Å². The van der Waals surface area contributed by atoms with Crippen LogP contribution in [0.1, 0.15) is 27.7 Å². The molecule has 0 aliphatic rings. The molecule has 1 unspecified atom stereocenters. The van der Waals surface area contributed by atoms with Crippen molar-refractivity contribution >= 4 is 29.3 Å². The van der Waals surface area contributed by atoms with Gasteiger partial charge >= 0.3 is 0 Å². The van der Waals surface area contributed by atoms with Gasteiger partial charge in [-0.2, -0.15) is 0 Å². The molecule has 0 spiro atoms. The first-order valence-electron chi connectivity index (χ1n) is 5.98. The molecule has 0 aliphatic carbocycles. The third-order valence-electron chi connectivity index (χ3n) is 2.16. The van der Waals surface area contributed by atoms with Crippen molar-refractivity contribution in [1.29, 1.82) is 0 Å². The van der Waals surface area contributed by atoms with Crippen molar-refractivity contribution in [3.63, 3.8) is 0 Å². The molecule has 1 atom stereocenters. The second kappa shape index (κ2) is 6.10. The lowest BCUT2D eigenvalue weighted by Crippen LogP contribution is -2.47. The molecule has 0 fully saturated rings. The number of thioether (sulfide) groups is 1. The Kier molecular flexibility index (Phi) is 4.99. The summed E-state index contributed by atoms with van der Waals surface area (Å²) in [5.74, 6) is 0.842. The van der Waals surface area contributed by atoms with E-state index in [1.54, 1.807) is 13.0 Å². The van der Waals surface area contributed by atoms with Crippen molar-refractivity contribution in [2.24, 2.45) is 0 Å². The number of carbonyl (C=O) groups excluding carboxylic acids is 1. The van der Waals surface area contributed by atoms with Crippen LogP contribution in [0.4, 0.5) is 11.6 Å². The van der Waals surface area contributed by atoms with E-state index in [1.807, 2.05) is 27.0 Å². The second-order valence-electron chi connectivity index (χ2n) is 5.27. The van der Waals surface area contributed by atoms with Gasteiger partial charge in [0.2, 0.25) is 5.91 Å². The van der Waals surface area contributed by atoms with Gasteiger partial charge in [-0.05, 0) is 34.0 Å². The average molecular weight is 283 g/mol. The Hall–Kier alpha value is -1.50. The van der Waals surface area contributed by atoms with Gasteiger partial charge in [0.05, 0.1) is 0 Å². The number of amides is 1. The van der Waals surface area contributed by atoms with Crippen molar-refractivity contribution in [1.82, 2.24) is 15.3 Å². The SMILES string of the molecule is CSc1nc(N)cc(NC(C)C(=O)NC(C)(C)C)n1. The summed E-state index contributed by atoms with van der Waals surface area (Å²) in [4.78, 5) is 20.3. The molecule has 0 aromatic carbocycles. The minimum Gasteiger partial charge on any atom is -0.383 e. The maximum absolute atomic E-state index is 11.9. The Bertz CT molecular complexity index is 458. The summed E-state index contributed by atoms with van der Waals surface area (Å²) in [7, 11) is 0. The maximum atomic E-state index is 11.9. The van der Waals surface area contributed by atoms with Crippen molar-refractivity contribution < 1.29 is 4.79 Å². The number of nitrogens with zero attached hydrogens (tertiary/aromatic N) is 2. The molecule has 1 amide bonds. The quantitative estimate of drug-likeness (QED) is 0.573. The third kappa shape index (κ3) is 5.34. The van der Waals surface area contributed by atoms with Crippen molar-refractivity contribution in [3.8, 4) is 0 Å². The first kappa shape index (κ1) is 15.6. The zero-order valence-electron chi connectivity index (χ0n) is 11.9. The van der Waals surface area contributed by atoms with E-state index in [2.05, 4.69) is 20.6 Å². The smallest absolute Gasteiger partial charge is 0.242 e. The van der Waals surface area contributed by atoms with E-state index in [0.717, 1.165) is 0 Å². The summed E-state index contributed by atoms with van der Waals surface area (Å²) in [6.45, 7) is 7.59. The molecule has 1 heterocycles. The Labute approximate surface area is 118 Å². The number of nitrogen functional groups attached to an aromatic ring is 1. The topological polar surface area (TPSA) is 92.9 Å². The fourth-order valence-corrected chi connectivity index (χ4v) is 1.76.